The lowest BCUT2D eigenvalue weighted by molar-refractivity contribution is -0.144. The molecule has 2 amide bonds. The number of halogens is 1. The standard InChI is InChI=1S/C14H19FN2O3/c1-4-14(5-2,12(18)19)17-13(20)16-10-6-7-11(15)9(3)8-10/h6-8H,4-5H2,1-3H3,(H,18,19)(H2,16,17,20). The number of carbonyl (C=O) groups excluding carboxylic acids is 1. The first-order valence-electron chi connectivity index (χ1n) is 6.43. The Morgan fingerprint density at radius 3 is 2.35 bits per heavy atom. The van der Waals surface area contributed by atoms with E-state index < -0.39 is 17.5 Å². The highest BCUT2D eigenvalue weighted by molar-refractivity contribution is 5.93. The van der Waals surface area contributed by atoms with Gasteiger partial charge < -0.3 is 15.7 Å². The van der Waals surface area contributed by atoms with Crippen LogP contribution in [0.4, 0.5) is 14.9 Å². The number of aryl methyl sites for hydroxylation is 1. The Morgan fingerprint density at radius 2 is 1.90 bits per heavy atom. The van der Waals surface area contributed by atoms with Gasteiger partial charge in [-0.15, -0.1) is 0 Å². The van der Waals surface area contributed by atoms with Gasteiger partial charge in [-0.05, 0) is 43.5 Å². The Hall–Kier alpha value is -2.11. The second-order valence-corrected chi connectivity index (χ2v) is 4.64. The molecule has 1 aromatic carbocycles. The highest BCUT2D eigenvalue weighted by atomic mass is 19.1. The smallest absolute Gasteiger partial charge is 0.329 e. The second-order valence-electron chi connectivity index (χ2n) is 4.64. The molecule has 0 saturated carbocycles. The lowest BCUT2D eigenvalue weighted by atomic mass is 9.93. The van der Waals surface area contributed by atoms with Crippen molar-refractivity contribution in [3.05, 3.63) is 29.6 Å². The van der Waals surface area contributed by atoms with Crippen LogP contribution >= 0.6 is 0 Å². The quantitative estimate of drug-likeness (QED) is 0.777. The van der Waals surface area contributed by atoms with Crippen LogP contribution in [0.3, 0.4) is 0 Å². The molecule has 5 nitrogen and oxygen atoms in total. The van der Waals surface area contributed by atoms with Gasteiger partial charge in [0.1, 0.15) is 11.4 Å². The van der Waals surface area contributed by atoms with E-state index in [1.54, 1.807) is 20.8 Å². The molecule has 110 valence electrons. The molecule has 6 heteroatoms. The van der Waals surface area contributed by atoms with E-state index in [2.05, 4.69) is 10.6 Å². The van der Waals surface area contributed by atoms with Crippen molar-refractivity contribution in [1.82, 2.24) is 5.32 Å². The van der Waals surface area contributed by atoms with E-state index in [0.717, 1.165) is 0 Å². The zero-order chi connectivity index (χ0) is 15.3. The number of aliphatic carboxylic acids is 1. The van der Waals surface area contributed by atoms with Crippen molar-refractivity contribution >= 4 is 17.7 Å². The Kier molecular flexibility index (Phi) is 5.07. The van der Waals surface area contributed by atoms with Gasteiger partial charge in [0, 0.05) is 5.69 Å². The molecule has 0 saturated heterocycles. The molecule has 0 heterocycles. The van der Waals surface area contributed by atoms with Crippen LogP contribution in [-0.2, 0) is 4.79 Å². The van der Waals surface area contributed by atoms with Gasteiger partial charge in [-0.1, -0.05) is 13.8 Å². The number of amides is 2. The third kappa shape index (κ3) is 3.46. The molecule has 20 heavy (non-hydrogen) atoms. The third-order valence-corrected chi connectivity index (χ3v) is 3.39. The second kappa shape index (κ2) is 6.36. The fraction of sp³-hybridized carbons (Fsp3) is 0.429. The van der Waals surface area contributed by atoms with E-state index in [4.69, 9.17) is 0 Å². The van der Waals surface area contributed by atoms with E-state index in [1.807, 2.05) is 0 Å². The van der Waals surface area contributed by atoms with Gasteiger partial charge in [0.15, 0.2) is 0 Å². The zero-order valence-electron chi connectivity index (χ0n) is 11.8. The summed E-state index contributed by atoms with van der Waals surface area (Å²) in [5.74, 6) is -1.44. The molecule has 0 spiro atoms. The van der Waals surface area contributed by atoms with E-state index >= 15 is 0 Å². The minimum Gasteiger partial charge on any atom is -0.480 e. The highest BCUT2D eigenvalue weighted by Crippen LogP contribution is 2.17. The molecule has 1 rings (SSSR count). The number of rotatable bonds is 5. The van der Waals surface area contributed by atoms with E-state index in [1.165, 1.54) is 18.2 Å². The van der Waals surface area contributed by atoms with Crippen molar-refractivity contribution in [2.24, 2.45) is 0 Å². The minimum atomic E-state index is -1.29. The van der Waals surface area contributed by atoms with Crippen LogP contribution < -0.4 is 10.6 Å². The monoisotopic (exact) mass is 282 g/mol. The number of anilines is 1. The summed E-state index contributed by atoms with van der Waals surface area (Å²) in [6.07, 6.45) is 0.545. The number of hydrogen-bond donors (Lipinski definition) is 3. The summed E-state index contributed by atoms with van der Waals surface area (Å²) in [6, 6.07) is 3.52. The summed E-state index contributed by atoms with van der Waals surface area (Å²) in [5.41, 5.74) is -0.481. The van der Waals surface area contributed by atoms with E-state index in [9.17, 15) is 19.1 Å². The molecule has 0 bridgehead atoms. The van der Waals surface area contributed by atoms with Crippen molar-refractivity contribution in [2.45, 2.75) is 39.2 Å². The van der Waals surface area contributed by atoms with Crippen molar-refractivity contribution in [3.8, 4) is 0 Å². The Balaban J connectivity index is 2.80. The van der Waals surface area contributed by atoms with Gasteiger partial charge in [-0.3, -0.25) is 0 Å². The van der Waals surface area contributed by atoms with Gasteiger partial charge in [0.25, 0.3) is 0 Å². The van der Waals surface area contributed by atoms with Crippen LogP contribution in [0, 0.1) is 12.7 Å². The molecule has 0 fully saturated rings. The molecule has 0 aliphatic rings. The average Bonchev–Trinajstić information content (AvgIpc) is 2.40. The number of urea groups is 1. The Morgan fingerprint density at radius 1 is 1.30 bits per heavy atom. The van der Waals surface area contributed by atoms with Crippen LogP contribution in [0.25, 0.3) is 0 Å². The lowest BCUT2D eigenvalue weighted by Crippen LogP contribution is -2.54. The molecule has 0 unspecified atom stereocenters. The number of nitrogens with one attached hydrogen (secondary N) is 2. The molecular formula is C14H19FN2O3. The molecule has 0 aliphatic carbocycles. The van der Waals surface area contributed by atoms with Gasteiger partial charge in [-0.2, -0.15) is 0 Å². The average molecular weight is 282 g/mol. The maximum Gasteiger partial charge on any atom is 0.329 e. The summed E-state index contributed by atoms with van der Waals surface area (Å²) in [7, 11) is 0. The SMILES string of the molecule is CCC(CC)(NC(=O)Nc1ccc(F)c(C)c1)C(=O)O. The van der Waals surface area contributed by atoms with Gasteiger partial charge in [0.05, 0.1) is 0 Å². The molecule has 3 N–H and O–H groups in total. The first-order chi connectivity index (χ1) is 9.34. The summed E-state index contributed by atoms with van der Waals surface area (Å²) < 4.78 is 13.1. The predicted octanol–water partition coefficient (Wildman–Crippen LogP) is 2.90. The number of hydrogen-bond acceptors (Lipinski definition) is 2. The third-order valence-electron chi connectivity index (χ3n) is 3.39. The molecule has 0 aromatic heterocycles. The van der Waals surface area contributed by atoms with Gasteiger partial charge >= 0.3 is 12.0 Å². The Bertz CT molecular complexity index is 513. The first kappa shape index (κ1) is 15.9. The molecule has 0 atom stereocenters. The molecular weight excluding hydrogens is 263 g/mol. The van der Waals surface area contributed by atoms with E-state index in [-0.39, 0.29) is 18.7 Å². The summed E-state index contributed by atoms with van der Waals surface area (Å²) in [4.78, 5) is 23.1. The largest absolute Gasteiger partial charge is 0.480 e. The number of carboxylic acids is 1. The van der Waals surface area contributed by atoms with E-state index in [0.29, 0.717) is 11.3 Å². The Labute approximate surface area is 117 Å². The van der Waals surface area contributed by atoms with Crippen molar-refractivity contribution in [3.63, 3.8) is 0 Å². The lowest BCUT2D eigenvalue weighted by Gasteiger charge is -2.28. The topological polar surface area (TPSA) is 78.4 Å². The molecule has 0 aliphatic heterocycles. The highest BCUT2D eigenvalue weighted by Gasteiger charge is 2.36. The number of carbonyl (C=O) groups is 2. The summed E-state index contributed by atoms with van der Waals surface area (Å²) >= 11 is 0. The molecule has 0 radical (unpaired) electrons. The predicted molar refractivity (Wildman–Crippen MR) is 74.2 cm³/mol. The van der Waals surface area contributed by atoms with Gasteiger partial charge in [0.2, 0.25) is 0 Å². The van der Waals surface area contributed by atoms with Crippen molar-refractivity contribution < 1.29 is 19.1 Å². The van der Waals surface area contributed by atoms with Crippen molar-refractivity contribution in [2.75, 3.05) is 5.32 Å². The van der Waals surface area contributed by atoms with Gasteiger partial charge in [-0.25, -0.2) is 14.0 Å². The van der Waals surface area contributed by atoms with Crippen LogP contribution in [0.15, 0.2) is 18.2 Å². The van der Waals surface area contributed by atoms with Crippen LogP contribution in [-0.4, -0.2) is 22.6 Å². The number of carboxylic acid groups (broad SMARTS) is 1. The normalized spacial score (nSPS) is 11.0. The minimum absolute atomic E-state index is 0.273. The zero-order valence-corrected chi connectivity index (χ0v) is 11.8. The summed E-state index contributed by atoms with van der Waals surface area (Å²) in [6.45, 7) is 4.97. The summed E-state index contributed by atoms with van der Waals surface area (Å²) in [5, 5.41) is 14.2. The fourth-order valence-electron chi connectivity index (χ4n) is 1.88. The van der Waals surface area contributed by atoms with Crippen LogP contribution in [0.2, 0.25) is 0 Å². The maximum absolute atomic E-state index is 13.1. The van der Waals surface area contributed by atoms with Crippen molar-refractivity contribution in [1.29, 1.82) is 0 Å². The first-order valence-corrected chi connectivity index (χ1v) is 6.43. The van der Waals surface area contributed by atoms with Crippen LogP contribution in [0.5, 0.6) is 0 Å². The fourth-order valence-corrected chi connectivity index (χ4v) is 1.88. The molecule has 1 aromatic rings. The van der Waals surface area contributed by atoms with Crippen LogP contribution in [0.1, 0.15) is 32.3 Å². The maximum atomic E-state index is 13.1. The number of benzene rings is 1.